The van der Waals surface area contributed by atoms with Gasteiger partial charge in [-0.05, 0) is 6.92 Å². The zero-order valence-corrected chi connectivity index (χ0v) is 10.6. The zero-order valence-electron chi connectivity index (χ0n) is 9.74. The van der Waals surface area contributed by atoms with Gasteiger partial charge in [-0.1, -0.05) is 0 Å². The van der Waals surface area contributed by atoms with Gasteiger partial charge in [0.2, 0.25) is 5.76 Å². The van der Waals surface area contributed by atoms with Gasteiger partial charge >= 0.3 is 13.6 Å². The summed E-state index contributed by atoms with van der Waals surface area (Å²) in [5.41, 5.74) is 0.274. The maximum absolute atomic E-state index is 11.6. The predicted molar refractivity (Wildman–Crippen MR) is 57.3 cm³/mol. The number of esters is 1. The highest BCUT2D eigenvalue weighted by molar-refractivity contribution is 7.53. The Labute approximate surface area is 98.5 Å². The second-order valence-corrected chi connectivity index (χ2v) is 5.72. The molecule has 1 heterocycles. The average molecular weight is 266 g/mol. The van der Waals surface area contributed by atoms with Crippen molar-refractivity contribution in [3.05, 3.63) is 11.3 Å². The van der Waals surface area contributed by atoms with Crippen LogP contribution in [0.15, 0.2) is 11.3 Å². The Morgan fingerprint density at radius 2 is 2.18 bits per heavy atom. The van der Waals surface area contributed by atoms with Crippen LogP contribution in [0.1, 0.15) is 6.92 Å². The molecule has 1 aliphatic heterocycles. The van der Waals surface area contributed by atoms with E-state index in [2.05, 4.69) is 4.52 Å². The van der Waals surface area contributed by atoms with E-state index in [0.29, 0.717) is 0 Å². The standard InChI is InChI=1S/C9H15O7P/c1-5-7(6(11)4-10)15-9(12)8(5)16-17(3,13)14-2/h6-7,10-11H,4H2,1-3H3. The molecule has 1 aliphatic rings. The summed E-state index contributed by atoms with van der Waals surface area (Å²) in [5.74, 6) is -1.07. The summed E-state index contributed by atoms with van der Waals surface area (Å²) >= 11 is 0. The lowest BCUT2D eigenvalue weighted by molar-refractivity contribution is -0.146. The van der Waals surface area contributed by atoms with E-state index in [4.69, 9.17) is 14.4 Å². The molecule has 0 aromatic rings. The van der Waals surface area contributed by atoms with E-state index in [1.165, 1.54) is 20.7 Å². The van der Waals surface area contributed by atoms with Gasteiger partial charge in [0, 0.05) is 19.3 Å². The van der Waals surface area contributed by atoms with Crippen LogP contribution in [0.4, 0.5) is 0 Å². The fraction of sp³-hybridized carbons (Fsp3) is 0.667. The summed E-state index contributed by atoms with van der Waals surface area (Å²) in [7, 11) is -2.17. The maximum atomic E-state index is 11.6. The molecule has 0 fully saturated rings. The Balaban J connectivity index is 2.94. The van der Waals surface area contributed by atoms with Crippen LogP contribution < -0.4 is 0 Å². The van der Waals surface area contributed by atoms with Crippen molar-refractivity contribution in [3.8, 4) is 0 Å². The highest BCUT2D eigenvalue weighted by Crippen LogP contribution is 2.47. The summed E-state index contributed by atoms with van der Waals surface area (Å²) in [6.07, 6.45) is -2.22. The maximum Gasteiger partial charge on any atom is 0.376 e. The zero-order chi connectivity index (χ0) is 13.2. The lowest BCUT2D eigenvalue weighted by Crippen LogP contribution is -2.30. The normalized spacial score (nSPS) is 25.5. The molecule has 98 valence electrons. The van der Waals surface area contributed by atoms with Crippen molar-refractivity contribution < 1.29 is 33.4 Å². The summed E-state index contributed by atoms with van der Waals surface area (Å²) < 4.78 is 25.9. The molecule has 0 aliphatic carbocycles. The number of carbonyl (C=O) groups excluding carboxylic acids is 1. The van der Waals surface area contributed by atoms with E-state index in [-0.39, 0.29) is 11.3 Å². The first-order valence-electron chi connectivity index (χ1n) is 4.86. The Hall–Kier alpha value is -0.880. The number of ether oxygens (including phenoxy) is 1. The summed E-state index contributed by atoms with van der Waals surface area (Å²) in [4.78, 5) is 11.4. The van der Waals surface area contributed by atoms with E-state index in [9.17, 15) is 14.5 Å². The fourth-order valence-corrected chi connectivity index (χ4v) is 1.95. The fourth-order valence-electron chi connectivity index (χ4n) is 1.32. The first kappa shape index (κ1) is 14.2. The molecule has 7 nitrogen and oxygen atoms in total. The molecule has 0 aromatic carbocycles. The number of aliphatic hydroxyl groups is 2. The van der Waals surface area contributed by atoms with Gasteiger partial charge in [-0.2, -0.15) is 0 Å². The topological polar surface area (TPSA) is 102 Å². The van der Waals surface area contributed by atoms with Crippen molar-refractivity contribution in [1.29, 1.82) is 0 Å². The molecule has 0 spiro atoms. The van der Waals surface area contributed by atoms with Crippen molar-refractivity contribution in [1.82, 2.24) is 0 Å². The summed E-state index contributed by atoms with van der Waals surface area (Å²) in [6.45, 7) is 2.13. The first-order chi connectivity index (χ1) is 7.82. The second-order valence-electron chi connectivity index (χ2n) is 3.63. The van der Waals surface area contributed by atoms with E-state index in [1.54, 1.807) is 0 Å². The molecule has 0 radical (unpaired) electrons. The van der Waals surface area contributed by atoms with Gasteiger partial charge in [0.25, 0.3) is 0 Å². The van der Waals surface area contributed by atoms with Gasteiger partial charge in [-0.25, -0.2) is 9.36 Å². The van der Waals surface area contributed by atoms with Crippen LogP contribution >= 0.6 is 7.60 Å². The average Bonchev–Trinajstić information content (AvgIpc) is 2.56. The Kier molecular flexibility index (Phi) is 4.32. The third-order valence-electron chi connectivity index (χ3n) is 2.33. The number of hydrogen-bond donors (Lipinski definition) is 2. The van der Waals surface area contributed by atoms with Gasteiger partial charge in [-0.15, -0.1) is 0 Å². The molecular weight excluding hydrogens is 251 g/mol. The lowest BCUT2D eigenvalue weighted by Gasteiger charge is -2.15. The molecule has 17 heavy (non-hydrogen) atoms. The lowest BCUT2D eigenvalue weighted by atomic mass is 10.1. The Morgan fingerprint density at radius 1 is 1.59 bits per heavy atom. The number of cyclic esters (lactones) is 1. The molecule has 3 atom stereocenters. The van der Waals surface area contributed by atoms with Gasteiger partial charge < -0.3 is 24.0 Å². The molecule has 0 saturated carbocycles. The molecule has 8 heteroatoms. The predicted octanol–water partition coefficient (Wildman–Crippen LogP) is 0.0249. The van der Waals surface area contributed by atoms with E-state index in [1.807, 2.05) is 0 Å². The molecule has 3 unspecified atom stereocenters. The smallest absolute Gasteiger partial charge is 0.376 e. The SMILES string of the molecule is COP(C)(=O)OC1=C(C)C(C(O)CO)OC1=O. The van der Waals surface area contributed by atoms with E-state index in [0.717, 1.165) is 0 Å². The number of hydrogen-bond acceptors (Lipinski definition) is 7. The molecule has 2 N–H and O–H groups in total. The highest BCUT2D eigenvalue weighted by Gasteiger charge is 2.39. The summed E-state index contributed by atoms with van der Waals surface area (Å²) in [6, 6.07) is 0. The molecule has 0 bridgehead atoms. The van der Waals surface area contributed by atoms with Crippen LogP contribution in [0, 0.1) is 0 Å². The van der Waals surface area contributed by atoms with Crippen LogP contribution in [0.3, 0.4) is 0 Å². The minimum atomic E-state index is -3.37. The van der Waals surface area contributed by atoms with Crippen LogP contribution in [0.2, 0.25) is 0 Å². The minimum Gasteiger partial charge on any atom is -0.449 e. The number of aliphatic hydroxyl groups excluding tert-OH is 2. The Morgan fingerprint density at radius 3 is 2.65 bits per heavy atom. The molecule has 0 amide bonds. The Bertz CT molecular complexity index is 389. The van der Waals surface area contributed by atoms with Crippen molar-refractivity contribution in [2.75, 3.05) is 20.4 Å². The number of carbonyl (C=O) groups is 1. The van der Waals surface area contributed by atoms with Crippen LogP contribution in [0.5, 0.6) is 0 Å². The highest BCUT2D eigenvalue weighted by atomic mass is 31.2. The van der Waals surface area contributed by atoms with Crippen LogP contribution in [-0.4, -0.2) is 48.8 Å². The van der Waals surface area contributed by atoms with Crippen molar-refractivity contribution in [2.45, 2.75) is 19.1 Å². The van der Waals surface area contributed by atoms with Gasteiger partial charge in [0.1, 0.15) is 6.10 Å². The van der Waals surface area contributed by atoms with Crippen LogP contribution in [0.25, 0.3) is 0 Å². The minimum absolute atomic E-state index is 0.241. The van der Waals surface area contributed by atoms with Crippen molar-refractivity contribution in [3.63, 3.8) is 0 Å². The van der Waals surface area contributed by atoms with Crippen molar-refractivity contribution >= 4 is 13.6 Å². The monoisotopic (exact) mass is 266 g/mol. The van der Waals surface area contributed by atoms with E-state index >= 15 is 0 Å². The van der Waals surface area contributed by atoms with E-state index < -0.39 is 32.4 Å². The molecule has 1 rings (SSSR count). The molecule has 0 saturated heterocycles. The third kappa shape index (κ3) is 3.07. The van der Waals surface area contributed by atoms with Crippen molar-refractivity contribution in [2.24, 2.45) is 0 Å². The molecular formula is C9H15O7P. The van der Waals surface area contributed by atoms with Gasteiger partial charge in [-0.3, -0.25) is 0 Å². The van der Waals surface area contributed by atoms with Gasteiger partial charge in [0.05, 0.1) is 6.61 Å². The summed E-state index contributed by atoms with van der Waals surface area (Å²) in [5, 5.41) is 18.2. The molecule has 0 aromatic heterocycles. The first-order valence-corrected chi connectivity index (χ1v) is 6.85. The van der Waals surface area contributed by atoms with Crippen LogP contribution in [-0.2, 0) is 23.1 Å². The third-order valence-corrected chi connectivity index (χ3v) is 3.51. The number of rotatable bonds is 5. The second kappa shape index (κ2) is 5.18. The van der Waals surface area contributed by atoms with Gasteiger partial charge in [0.15, 0.2) is 6.10 Å². The largest absolute Gasteiger partial charge is 0.449 e. The quantitative estimate of drug-likeness (QED) is 0.534.